The van der Waals surface area contributed by atoms with E-state index in [2.05, 4.69) is 5.32 Å². The van der Waals surface area contributed by atoms with E-state index in [0.717, 1.165) is 34.1 Å². The van der Waals surface area contributed by atoms with Gasteiger partial charge >= 0.3 is 0 Å². The number of hydrogen-bond acceptors (Lipinski definition) is 4. The summed E-state index contributed by atoms with van der Waals surface area (Å²) in [4.78, 5) is 27.8. The summed E-state index contributed by atoms with van der Waals surface area (Å²) in [6, 6.07) is 14.9. The first kappa shape index (κ1) is 30.4. The Bertz CT molecular complexity index is 1400. The quantitative estimate of drug-likeness (QED) is 0.314. The minimum absolute atomic E-state index is 0.129. The van der Waals surface area contributed by atoms with Crippen LogP contribution in [0.1, 0.15) is 31.4 Å². The number of carbonyl (C=O) groups excluding carboxylic acids is 2. The molecule has 11 heteroatoms. The largest absolute Gasteiger partial charge is 0.354 e. The zero-order valence-corrected chi connectivity index (χ0v) is 24.2. The van der Waals surface area contributed by atoms with Gasteiger partial charge in [-0.05, 0) is 68.8 Å². The molecule has 0 bridgehead atoms. The van der Waals surface area contributed by atoms with E-state index in [9.17, 15) is 22.4 Å². The van der Waals surface area contributed by atoms with Crippen molar-refractivity contribution < 1.29 is 22.4 Å². The van der Waals surface area contributed by atoms with Crippen molar-refractivity contribution in [2.24, 2.45) is 0 Å². The van der Waals surface area contributed by atoms with Crippen molar-refractivity contribution in [3.8, 4) is 0 Å². The van der Waals surface area contributed by atoms with Gasteiger partial charge in [-0.2, -0.15) is 0 Å². The zero-order chi connectivity index (χ0) is 28.7. The molecule has 3 aromatic rings. The molecule has 0 aliphatic carbocycles. The summed E-state index contributed by atoms with van der Waals surface area (Å²) in [6.45, 7) is 4.95. The van der Waals surface area contributed by atoms with Crippen LogP contribution in [0.3, 0.4) is 0 Å². The molecule has 0 heterocycles. The summed E-state index contributed by atoms with van der Waals surface area (Å²) in [5, 5.41) is 3.37. The zero-order valence-electron chi connectivity index (χ0n) is 21.8. The molecule has 0 unspecified atom stereocenters. The Labute approximate surface area is 238 Å². The van der Waals surface area contributed by atoms with Crippen LogP contribution in [-0.2, 0) is 26.2 Å². The Morgan fingerprint density at radius 2 is 1.56 bits per heavy atom. The lowest BCUT2D eigenvalue weighted by atomic mass is 10.1. The normalized spacial score (nSPS) is 12.1. The molecule has 0 aliphatic heterocycles. The lowest BCUT2D eigenvalue weighted by Crippen LogP contribution is -2.51. The van der Waals surface area contributed by atoms with Crippen molar-refractivity contribution in [3.05, 3.63) is 93.7 Å². The third kappa shape index (κ3) is 7.50. The maximum atomic E-state index is 13.9. The fourth-order valence-corrected chi connectivity index (χ4v) is 5.74. The predicted molar refractivity (Wildman–Crippen MR) is 152 cm³/mol. The highest BCUT2D eigenvalue weighted by Crippen LogP contribution is 2.28. The highest BCUT2D eigenvalue weighted by atomic mass is 35.5. The van der Waals surface area contributed by atoms with Crippen LogP contribution in [0.25, 0.3) is 0 Å². The number of hydrogen-bond donors (Lipinski definition) is 1. The van der Waals surface area contributed by atoms with Gasteiger partial charge in [0, 0.05) is 28.7 Å². The van der Waals surface area contributed by atoms with E-state index in [0.29, 0.717) is 28.6 Å². The number of amides is 2. The summed E-state index contributed by atoms with van der Waals surface area (Å²) in [7, 11) is -4.30. The van der Waals surface area contributed by atoms with Crippen LogP contribution in [0.4, 0.5) is 10.1 Å². The Kier molecular flexibility index (Phi) is 10.4. The lowest BCUT2D eigenvalue weighted by Gasteiger charge is -2.32. The molecule has 0 aromatic heterocycles. The molecule has 39 heavy (non-hydrogen) atoms. The first-order valence-electron chi connectivity index (χ1n) is 12.3. The van der Waals surface area contributed by atoms with Crippen molar-refractivity contribution >= 4 is 50.7 Å². The number of rotatable bonds is 11. The van der Waals surface area contributed by atoms with Crippen LogP contribution in [-0.4, -0.2) is 44.3 Å². The minimum atomic E-state index is -4.30. The summed E-state index contributed by atoms with van der Waals surface area (Å²) in [5.41, 5.74) is 1.55. The van der Waals surface area contributed by atoms with Crippen molar-refractivity contribution in [1.29, 1.82) is 0 Å². The number of nitrogens with one attached hydrogen (secondary N) is 1. The first-order valence-corrected chi connectivity index (χ1v) is 14.5. The van der Waals surface area contributed by atoms with E-state index < -0.39 is 40.2 Å². The highest BCUT2D eigenvalue weighted by molar-refractivity contribution is 7.92. The number of aryl methyl sites for hydroxylation is 1. The van der Waals surface area contributed by atoms with Gasteiger partial charge in [-0.3, -0.25) is 13.9 Å². The third-order valence-electron chi connectivity index (χ3n) is 6.11. The second kappa shape index (κ2) is 13.3. The standard InChI is InChI=1S/C28H30Cl2FN3O4S/c1-4-16-32-28(36)20(3)33(17-24-25(29)6-5-7-26(24)30)27(35)18-34(22-12-8-19(2)9-13-22)39(37,38)23-14-10-21(31)11-15-23/h5-15,20H,4,16-18H2,1-3H3,(H,32,36)/t20-/m0/s1. The second-order valence-electron chi connectivity index (χ2n) is 8.99. The molecule has 0 fully saturated rings. The SMILES string of the molecule is CCCNC(=O)[C@H](C)N(Cc1c(Cl)cccc1Cl)C(=O)CN(c1ccc(C)cc1)S(=O)(=O)c1ccc(F)cc1. The first-order chi connectivity index (χ1) is 18.4. The van der Waals surface area contributed by atoms with E-state index >= 15 is 0 Å². The van der Waals surface area contributed by atoms with Gasteiger partial charge in [0.25, 0.3) is 10.0 Å². The van der Waals surface area contributed by atoms with Gasteiger partial charge < -0.3 is 10.2 Å². The third-order valence-corrected chi connectivity index (χ3v) is 8.61. The smallest absolute Gasteiger partial charge is 0.264 e. The fraction of sp³-hybridized carbons (Fsp3) is 0.286. The Morgan fingerprint density at radius 1 is 0.974 bits per heavy atom. The van der Waals surface area contributed by atoms with Crippen LogP contribution in [0.15, 0.2) is 71.6 Å². The van der Waals surface area contributed by atoms with E-state index in [1.54, 1.807) is 49.4 Å². The monoisotopic (exact) mass is 593 g/mol. The molecule has 0 radical (unpaired) electrons. The van der Waals surface area contributed by atoms with E-state index in [-0.39, 0.29) is 17.1 Å². The summed E-state index contributed by atoms with van der Waals surface area (Å²) >= 11 is 12.7. The van der Waals surface area contributed by atoms with Crippen molar-refractivity contribution in [1.82, 2.24) is 10.2 Å². The van der Waals surface area contributed by atoms with Crippen LogP contribution >= 0.6 is 23.2 Å². The van der Waals surface area contributed by atoms with Gasteiger partial charge in [0.2, 0.25) is 11.8 Å². The second-order valence-corrected chi connectivity index (χ2v) is 11.7. The number of benzene rings is 3. The van der Waals surface area contributed by atoms with Gasteiger partial charge in [-0.25, -0.2) is 12.8 Å². The Balaban J connectivity index is 2.05. The van der Waals surface area contributed by atoms with Gasteiger partial charge in [-0.15, -0.1) is 0 Å². The van der Waals surface area contributed by atoms with Crippen LogP contribution in [0.5, 0.6) is 0 Å². The molecule has 0 spiro atoms. The summed E-state index contributed by atoms with van der Waals surface area (Å²) in [5.74, 6) is -1.66. The maximum absolute atomic E-state index is 13.9. The number of nitrogens with zero attached hydrogens (tertiary/aromatic N) is 2. The molecule has 0 saturated carbocycles. The summed E-state index contributed by atoms with van der Waals surface area (Å²) < 4.78 is 41.9. The van der Waals surface area contributed by atoms with Gasteiger partial charge in [-0.1, -0.05) is 53.9 Å². The number of carbonyl (C=O) groups is 2. The minimum Gasteiger partial charge on any atom is -0.354 e. The van der Waals surface area contributed by atoms with Crippen LogP contribution in [0, 0.1) is 12.7 Å². The number of halogens is 3. The molecule has 208 valence electrons. The van der Waals surface area contributed by atoms with E-state index in [4.69, 9.17) is 23.2 Å². The molecule has 2 amide bonds. The van der Waals surface area contributed by atoms with Gasteiger partial charge in [0.1, 0.15) is 18.4 Å². The molecule has 3 aromatic carbocycles. The molecule has 0 saturated heterocycles. The van der Waals surface area contributed by atoms with Crippen molar-refractivity contribution in [3.63, 3.8) is 0 Å². The topological polar surface area (TPSA) is 86.8 Å². The number of anilines is 1. The molecule has 1 N–H and O–H groups in total. The molecular weight excluding hydrogens is 564 g/mol. The van der Waals surface area contributed by atoms with Crippen molar-refractivity contribution in [2.45, 2.75) is 44.7 Å². The van der Waals surface area contributed by atoms with Crippen LogP contribution < -0.4 is 9.62 Å². The Hall–Kier alpha value is -3.14. The summed E-state index contributed by atoms with van der Waals surface area (Å²) in [6.07, 6.45) is 0.694. The maximum Gasteiger partial charge on any atom is 0.264 e. The highest BCUT2D eigenvalue weighted by Gasteiger charge is 2.33. The van der Waals surface area contributed by atoms with Crippen LogP contribution in [0.2, 0.25) is 10.0 Å². The van der Waals surface area contributed by atoms with Gasteiger partial charge in [0.15, 0.2) is 0 Å². The van der Waals surface area contributed by atoms with Crippen molar-refractivity contribution in [2.75, 3.05) is 17.4 Å². The molecule has 7 nitrogen and oxygen atoms in total. The van der Waals surface area contributed by atoms with E-state index in [1.165, 1.54) is 4.90 Å². The molecular formula is C28H30Cl2FN3O4S. The molecule has 0 aliphatic rings. The predicted octanol–water partition coefficient (Wildman–Crippen LogP) is 5.58. The molecule has 1 atom stereocenters. The molecule has 3 rings (SSSR count). The average Bonchev–Trinajstić information content (AvgIpc) is 2.90. The number of sulfonamides is 1. The van der Waals surface area contributed by atoms with Gasteiger partial charge in [0.05, 0.1) is 10.6 Å². The Morgan fingerprint density at radius 3 is 2.13 bits per heavy atom. The average molecular weight is 595 g/mol. The fourth-order valence-electron chi connectivity index (χ4n) is 3.81. The van der Waals surface area contributed by atoms with E-state index in [1.807, 2.05) is 13.8 Å². The lowest BCUT2D eigenvalue weighted by molar-refractivity contribution is -0.139.